The van der Waals surface area contributed by atoms with Gasteiger partial charge in [0.05, 0.1) is 27.9 Å². The Morgan fingerprint density at radius 2 is 2.00 bits per heavy atom. The third-order valence-electron chi connectivity index (χ3n) is 4.10. The smallest absolute Gasteiger partial charge is 0.356 e. The zero-order chi connectivity index (χ0) is 23.3. The van der Waals surface area contributed by atoms with E-state index in [2.05, 4.69) is 15.5 Å². The van der Waals surface area contributed by atoms with Gasteiger partial charge in [0.2, 0.25) is 5.82 Å². The number of benzene rings is 2. The molecule has 1 heterocycles. The van der Waals surface area contributed by atoms with E-state index in [1.807, 2.05) is 0 Å². The summed E-state index contributed by atoms with van der Waals surface area (Å²) < 4.78 is 33.8. The molecule has 0 aliphatic rings. The molecular formula is C21H19ClN4O5S. The van der Waals surface area contributed by atoms with Crippen LogP contribution >= 0.6 is 11.6 Å². The van der Waals surface area contributed by atoms with Gasteiger partial charge in [0.1, 0.15) is 5.71 Å². The molecule has 9 nitrogen and oxygen atoms in total. The molecule has 32 heavy (non-hydrogen) atoms. The van der Waals surface area contributed by atoms with Crippen LogP contribution < -0.4 is 5.32 Å². The zero-order valence-corrected chi connectivity index (χ0v) is 18.7. The summed E-state index contributed by atoms with van der Waals surface area (Å²) >= 11 is 6.21. The Kier molecular flexibility index (Phi) is 7.06. The van der Waals surface area contributed by atoms with Gasteiger partial charge in [0.25, 0.3) is 5.89 Å². The lowest BCUT2D eigenvalue weighted by molar-refractivity contribution is -0.135. The van der Waals surface area contributed by atoms with Crippen molar-refractivity contribution in [1.29, 1.82) is 5.41 Å². The number of para-hydroxylation sites is 1. The number of hydrogen-bond donors (Lipinski definition) is 2. The van der Waals surface area contributed by atoms with Crippen molar-refractivity contribution in [3.05, 3.63) is 65.5 Å². The Balaban J connectivity index is 2.01. The Morgan fingerprint density at radius 1 is 1.25 bits per heavy atom. The number of nitrogens with zero attached hydrogens (tertiary/aromatic N) is 2. The molecule has 0 bridgehead atoms. The molecule has 0 unspecified atom stereocenters. The normalized spacial score (nSPS) is 11.8. The summed E-state index contributed by atoms with van der Waals surface area (Å²) in [5, 5.41) is 15.3. The molecule has 11 heteroatoms. The van der Waals surface area contributed by atoms with Crippen LogP contribution in [0.1, 0.15) is 12.7 Å². The van der Waals surface area contributed by atoms with Crippen molar-refractivity contribution in [2.45, 2.75) is 11.8 Å². The highest BCUT2D eigenvalue weighted by molar-refractivity contribution is 7.90. The molecule has 3 rings (SSSR count). The molecule has 3 aromatic rings. The van der Waals surface area contributed by atoms with Crippen LogP contribution in [0.2, 0.25) is 5.02 Å². The van der Waals surface area contributed by atoms with E-state index < -0.39 is 21.5 Å². The van der Waals surface area contributed by atoms with Gasteiger partial charge in [0, 0.05) is 11.8 Å². The van der Waals surface area contributed by atoms with E-state index in [1.165, 1.54) is 18.2 Å². The lowest BCUT2D eigenvalue weighted by atomic mass is 10.2. The molecule has 0 saturated heterocycles. The lowest BCUT2D eigenvalue weighted by Crippen LogP contribution is -2.16. The second-order valence-corrected chi connectivity index (χ2v) is 8.94. The topological polar surface area (TPSA) is 135 Å². The van der Waals surface area contributed by atoms with Crippen molar-refractivity contribution in [2.75, 3.05) is 18.2 Å². The Labute approximate surface area is 189 Å². The number of halogens is 1. The van der Waals surface area contributed by atoms with Crippen molar-refractivity contribution < 1.29 is 22.5 Å². The number of ether oxygens (including phenoxy) is 1. The molecule has 2 aromatic carbocycles. The predicted octanol–water partition coefficient (Wildman–Crippen LogP) is 3.83. The molecule has 0 aliphatic carbocycles. The van der Waals surface area contributed by atoms with E-state index in [1.54, 1.807) is 43.3 Å². The zero-order valence-electron chi connectivity index (χ0n) is 17.1. The molecule has 0 amide bonds. The van der Waals surface area contributed by atoms with Gasteiger partial charge in [-0.05, 0) is 43.3 Å². The molecule has 0 aliphatic heterocycles. The van der Waals surface area contributed by atoms with Crippen LogP contribution in [0.4, 0.5) is 5.69 Å². The Hall–Kier alpha value is -3.50. The van der Waals surface area contributed by atoms with Gasteiger partial charge in [0.15, 0.2) is 9.84 Å². The van der Waals surface area contributed by atoms with Crippen LogP contribution in [0, 0.1) is 5.41 Å². The minimum Gasteiger partial charge on any atom is -0.461 e. The van der Waals surface area contributed by atoms with Gasteiger partial charge < -0.3 is 14.6 Å². The van der Waals surface area contributed by atoms with Gasteiger partial charge in [-0.15, -0.1) is 0 Å². The van der Waals surface area contributed by atoms with Crippen LogP contribution in [0.5, 0.6) is 0 Å². The van der Waals surface area contributed by atoms with Crippen molar-refractivity contribution in [3.8, 4) is 11.5 Å². The first-order valence-corrected chi connectivity index (χ1v) is 11.6. The maximum atomic E-state index is 11.9. The molecule has 0 radical (unpaired) electrons. The second kappa shape index (κ2) is 9.75. The maximum absolute atomic E-state index is 11.9. The summed E-state index contributed by atoms with van der Waals surface area (Å²) in [5.41, 5.74) is 0.601. The van der Waals surface area contributed by atoms with Gasteiger partial charge in [-0.2, -0.15) is 4.98 Å². The first-order valence-electron chi connectivity index (χ1n) is 9.32. The van der Waals surface area contributed by atoms with Crippen LogP contribution in [-0.2, 0) is 19.4 Å². The SMILES string of the molecule is CCOC(=O)C(=N)/C=C(\Nc1ccccc1Cl)c1noc(-c2cccc(S(C)(=O)=O)c2)n1. The van der Waals surface area contributed by atoms with E-state index in [4.69, 9.17) is 26.3 Å². The van der Waals surface area contributed by atoms with Crippen LogP contribution in [-0.4, -0.2) is 43.1 Å². The average molecular weight is 475 g/mol. The largest absolute Gasteiger partial charge is 0.461 e. The number of esters is 1. The van der Waals surface area contributed by atoms with Gasteiger partial charge in [-0.3, -0.25) is 5.41 Å². The summed E-state index contributed by atoms with van der Waals surface area (Å²) in [6, 6.07) is 12.9. The third kappa shape index (κ3) is 5.59. The molecule has 0 atom stereocenters. The summed E-state index contributed by atoms with van der Waals surface area (Å²) in [6.07, 6.45) is 2.30. The maximum Gasteiger partial charge on any atom is 0.356 e. The van der Waals surface area contributed by atoms with Crippen LogP contribution in [0.15, 0.2) is 64.0 Å². The van der Waals surface area contributed by atoms with Crippen molar-refractivity contribution >= 4 is 44.5 Å². The molecular weight excluding hydrogens is 456 g/mol. The van der Waals surface area contributed by atoms with E-state index in [-0.39, 0.29) is 28.9 Å². The number of hydrogen-bond acceptors (Lipinski definition) is 9. The van der Waals surface area contributed by atoms with Crippen LogP contribution in [0.25, 0.3) is 17.2 Å². The standard InChI is InChI=1S/C21H19ClN4O5S/c1-3-30-21(27)16(23)12-18(24-17-10-5-4-9-15(17)22)19-25-20(31-26-19)13-7-6-8-14(11-13)32(2,28)29/h4-12,23-24H,3H2,1-2H3/b18-12-,23-16?. The summed E-state index contributed by atoms with van der Waals surface area (Å²) in [5.74, 6) is -0.741. The lowest BCUT2D eigenvalue weighted by Gasteiger charge is -2.10. The fraction of sp³-hybridized carbons (Fsp3) is 0.143. The highest BCUT2D eigenvalue weighted by Gasteiger charge is 2.18. The Bertz CT molecular complexity index is 1300. The van der Waals surface area contributed by atoms with E-state index in [0.717, 1.165) is 6.26 Å². The number of carbonyl (C=O) groups is 1. The predicted molar refractivity (Wildman–Crippen MR) is 120 cm³/mol. The molecule has 2 N–H and O–H groups in total. The van der Waals surface area contributed by atoms with Gasteiger partial charge >= 0.3 is 5.97 Å². The number of nitrogens with one attached hydrogen (secondary N) is 2. The number of anilines is 1. The van der Waals surface area contributed by atoms with Crippen molar-refractivity contribution in [1.82, 2.24) is 10.1 Å². The summed E-state index contributed by atoms with van der Waals surface area (Å²) in [6.45, 7) is 1.75. The van der Waals surface area contributed by atoms with Gasteiger partial charge in [-0.1, -0.05) is 35.0 Å². The highest BCUT2D eigenvalue weighted by atomic mass is 35.5. The van der Waals surface area contributed by atoms with Crippen molar-refractivity contribution in [2.24, 2.45) is 0 Å². The minimum atomic E-state index is -3.43. The fourth-order valence-electron chi connectivity index (χ4n) is 2.59. The quantitative estimate of drug-likeness (QED) is 0.371. The van der Waals surface area contributed by atoms with Crippen molar-refractivity contribution in [3.63, 3.8) is 0 Å². The summed E-state index contributed by atoms with van der Waals surface area (Å²) in [7, 11) is -3.43. The van der Waals surface area contributed by atoms with Crippen LogP contribution in [0.3, 0.4) is 0 Å². The molecule has 166 valence electrons. The minimum absolute atomic E-state index is 0.0266. The van der Waals surface area contributed by atoms with E-state index >= 15 is 0 Å². The Morgan fingerprint density at radius 3 is 2.69 bits per heavy atom. The fourth-order valence-corrected chi connectivity index (χ4v) is 3.44. The van der Waals surface area contributed by atoms with E-state index in [0.29, 0.717) is 16.3 Å². The monoisotopic (exact) mass is 474 g/mol. The first-order chi connectivity index (χ1) is 15.2. The molecule has 0 spiro atoms. The third-order valence-corrected chi connectivity index (χ3v) is 5.54. The molecule has 1 aromatic heterocycles. The molecule has 0 fully saturated rings. The van der Waals surface area contributed by atoms with E-state index in [9.17, 15) is 13.2 Å². The average Bonchev–Trinajstić information content (AvgIpc) is 3.24. The number of sulfone groups is 1. The number of aromatic nitrogens is 2. The number of carbonyl (C=O) groups excluding carboxylic acids is 1. The highest BCUT2D eigenvalue weighted by Crippen LogP contribution is 2.27. The summed E-state index contributed by atoms with van der Waals surface area (Å²) in [4.78, 5) is 16.3. The first kappa shape index (κ1) is 23.2. The molecule has 0 saturated carbocycles. The van der Waals surface area contributed by atoms with Gasteiger partial charge in [-0.25, -0.2) is 13.2 Å². The number of rotatable bonds is 8. The second-order valence-electron chi connectivity index (χ2n) is 6.52.